The summed E-state index contributed by atoms with van der Waals surface area (Å²) in [5.74, 6) is 0.889. The number of aromatic nitrogens is 1. The Bertz CT molecular complexity index is 900. The van der Waals surface area contributed by atoms with Gasteiger partial charge >= 0.3 is 0 Å². The molecule has 1 saturated carbocycles. The van der Waals surface area contributed by atoms with Gasteiger partial charge in [-0.3, -0.25) is 14.7 Å². The van der Waals surface area contributed by atoms with Crippen LogP contribution < -0.4 is 0 Å². The predicted molar refractivity (Wildman–Crippen MR) is 114 cm³/mol. The van der Waals surface area contributed by atoms with Gasteiger partial charge in [0.05, 0.1) is 11.4 Å². The number of piperazine rings is 1. The zero-order chi connectivity index (χ0) is 19.9. The van der Waals surface area contributed by atoms with E-state index in [4.69, 9.17) is 0 Å². The molecule has 0 bridgehead atoms. The monoisotopic (exact) mass is 377 g/mol. The molecule has 0 N–H and O–H groups in total. The van der Waals surface area contributed by atoms with Crippen LogP contribution in [0.25, 0.3) is 10.9 Å². The smallest absolute Gasteiger partial charge is 0.226 e. The Morgan fingerprint density at radius 1 is 1.14 bits per heavy atom. The highest BCUT2D eigenvalue weighted by Crippen LogP contribution is 2.60. The zero-order valence-corrected chi connectivity index (χ0v) is 17.5. The van der Waals surface area contributed by atoms with Crippen molar-refractivity contribution in [3.8, 4) is 0 Å². The lowest BCUT2D eigenvalue weighted by atomic mass is 10.1. The van der Waals surface area contributed by atoms with Crippen molar-refractivity contribution in [2.24, 2.45) is 17.3 Å². The first-order chi connectivity index (χ1) is 13.4. The van der Waals surface area contributed by atoms with Crippen LogP contribution in [-0.2, 0) is 11.3 Å². The third kappa shape index (κ3) is 3.58. The first-order valence-corrected chi connectivity index (χ1v) is 10.4. The van der Waals surface area contributed by atoms with Crippen molar-refractivity contribution in [2.75, 3.05) is 26.2 Å². The number of amides is 1. The van der Waals surface area contributed by atoms with Gasteiger partial charge in [0.2, 0.25) is 5.91 Å². The Balaban J connectivity index is 1.37. The summed E-state index contributed by atoms with van der Waals surface area (Å²) in [5, 5.41) is 1.19. The van der Waals surface area contributed by atoms with Gasteiger partial charge in [0.1, 0.15) is 0 Å². The second kappa shape index (κ2) is 7.32. The number of rotatable bonds is 4. The van der Waals surface area contributed by atoms with E-state index in [1.54, 1.807) is 0 Å². The first kappa shape index (κ1) is 19.1. The van der Waals surface area contributed by atoms with E-state index in [0.29, 0.717) is 11.8 Å². The molecule has 4 nitrogen and oxygen atoms in total. The van der Waals surface area contributed by atoms with Crippen molar-refractivity contribution in [1.82, 2.24) is 14.8 Å². The average Bonchev–Trinajstić information content (AvgIpc) is 3.21. The zero-order valence-electron chi connectivity index (χ0n) is 17.5. The van der Waals surface area contributed by atoms with Gasteiger partial charge in [-0.25, -0.2) is 0 Å². The van der Waals surface area contributed by atoms with E-state index < -0.39 is 0 Å². The molecule has 4 rings (SSSR count). The number of carbonyl (C=O) groups excluding carboxylic acids is 1. The molecule has 2 heterocycles. The number of allylic oxidation sites excluding steroid dienone is 2. The molecule has 2 aromatic rings. The predicted octanol–water partition coefficient (Wildman–Crippen LogP) is 4.12. The normalized spacial score (nSPS) is 24.2. The summed E-state index contributed by atoms with van der Waals surface area (Å²) in [6.45, 7) is 13.1. The molecule has 0 radical (unpaired) electrons. The topological polar surface area (TPSA) is 36.4 Å². The van der Waals surface area contributed by atoms with Crippen LogP contribution in [0.1, 0.15) is 33.3 Å². The summed E-state index contributed by atoms with van der Waals surface area (Å²) in [4.78, 5) is 22.2. The molecule has 2 atom stereocenters. The summed E-state index contributed by atoms with van der Waals surface area (Å²) >= 11 is 0. The van der Waals surface area contributed by atoms with Gasteiger partial charge in [-0.2, -0.15) is 0 Å². The van der Waals surface area contributed by atoms with Crippen LogP contribution in [0, 0.1) is 17.3 Å². The fourth-order valence-corrected chi connectivity index (χ4v) is 4.68. The Morgan fingerprint density at radius 2 is 1.86 bits per heavy atom. The number of para-hydroxylation sites is 1. The van der Waals surface area contributed by atoms with Gasteiger partial charge in [-0.1, -0.05) is 49.8 Å². The number of fused-ring (bicyclic) bond motifs is 1. The maximum atomic E-state index is 13.1. The number of benzene rings is 1. The summed E-state index contributed by atoms with van der Waals surface area (Å²) in [7, 11) is 0. The number of carbonyl (C=O) groups is 1. The van der Waals surface area contributed by atoms with Crippen molar-refractivity contribution < 1.29 is 4.79 Å². The molecule has 148 valence electrons. The number of hydrogen-bond donors (Lipinski definition) is 0. The van der Waals surface area contributed by atoms with Gasteiger partial charge in [-0.15, -0.1) is 0 Å². The Labute approximate surface area is 168 Å². The molecule has 1 aromatic carbocycles. The lowest BCUT2D eigenvalue weighted by molar-refractivity contribution is -0.135. The van der Waals surface area contributed by atoms with Crippen LogP contribution in [0.2, 0.25) is 0 Å². The standard InChI is InChI=1S/C24H31N3O/c1-17(2)15-20-21(24(20,3)4)23(28)27-13-11-26(12-14-27)16-19-8-5-7-18-9-6-10-25-22(18)19/h5-10,15,20-21H,11-14,16H2,1-4H3. The van der Waals surface area contributed by atoms with Crippen LogP contribution in [0.4, 0.5) is 0 Å². The van der Waals surface area contributed by atoms with E-state index in [-0.39, 0.29) is 11.3 Å². The molecule has 1 saturated heterocycles. The Hall–Kier alpha value is -2.20. The molecule has 2 aliphatic rings. The molecular weight excluding hydrogens is 346 g/mol. The molecule has 28 heavy (non-hydrogen) atoms. The quantitative estimate of drug-likeness (QED) is 0.752. The fourth-order valence-electron chi connectivity index (χ4n) is 4.68. The van der Waals surface area contributed by atoms with E-state index in [9.17, 15) is 4.79 Å². The van der Waals surface area contributed by atoms with Crippen molar-refractivity contribution in [3.05, 3.63) is 53.7 Å². The molecule has 1 aromatic heterocycles. The van der Waals surface area contributed by atoms with E-state index in [1.165, 1.54) is 16.5 Å². The van der Waals surface area contributed by atoms with Crippen LogP contribution in [0.5, 0.6) is 0 Å². The van der Waals surface area contributed by atoms with Crippen molar-refractivity contribution in [3.63, 3.8) is 0 Å². The maximum absolute atomic E-state index is 13.1. The van der Waals surface area contributed by atoms with E-state index in [2.05, 4.69) is 72.8 Å². The van der Waals surface area contributed by atoms with Gasteiger partial charge in [-0.05, 0) is 36.8 Å². The van der Waals surface area contributed by atoms with Crippen LogP contribution in [-0.4, -0.2) is 46.9 Å². The second-order valence-corrected chi connectivity index (χ2v) is 9.16. The SMILES string of the molecule is CC(C)=CC1C(C(=O)N2CCN(Cc3cccc4cccnc34)CC2)C1(C)C. The lowest BCUT2D eigenvalue weighted by Gasteiger charge is -2.35. The highest BCUT2D eigenvalue weighted by Gasteiger charge is 2.61. The molecular formula is C24H31N3O. The van der Waals surface area contributed by atoms with Crippen LogP contribution in [0.3, 0.4) is 0 Å². The largest absolute Gasteiger partial charge is 0.340 e. The lowest BCUT2D eigenvalue weighted by Crippen LogP contribution is -2.49. The molecule has 1 aliphatic heterocycles. The van der Waals surface area contributed by atoms with Crippen molar-refractivity contribution >= 4 is 16.8 Å². The second-order valence-electron chi connectivity index (χ2n) is 9.16. The van der Waals surface area contributed by atoms with E-state index in [0.717, 1.165) is 38.2 Å². The number of nitrogens with zero attached hydrogens (tertiary/aromatic N) is 3. The first-order valence-electron chi connectivity index (χ1n) is 10.4. The highest BCUT2D eigenvalue weighted by molar-refractivity contribution is 5.84. The van der Waals surface area contributed by atoms with E-state index >= 15 is 0 Å². The third-order valence-corrected chi connectivity index (χ3v) is 6.48. The molecule has 2 fully saturated rings. The molecule has 1 amide bonds. The Kier molecular flexibility index (Phi) is 5.00. The summed E-state index contributed by atoms with van der Waals surface area (Å²) in [5.41, 5.74) is 3.76. The molecule has 1 aliphatic carbocycles. The van der Waals surface area contributed by atoms with Gasteiger partial charge < -0.3 is 4.90 Å². The van der Waals surface area contributed by atoms with Crippen molar-refractivity contribution in [1.29, 1.82) is 0 Å². The minimum Gasteiger partial charge on any atom is -0.340 e. The maximum Gasteiger partial charge on any atom is 0.226 e. The average molecular weight is 378 g/mol. The minimum atomic E-state index is 0.0973. The number of pyridine rings is 1. The summed E-state index contributed by atoms with van der Waals surface area (Å²) < 4.78 is 0. The fraction of sp³-hybridized carbons (Fsp3) is 0.500. The minimum absolute atomic E-state index is 0.0973. The molecule has 0 spiro atoms. The van der Waals surface area contributed by atoms with Gasteiger partial charge in [0.25, 0.3) is 0 Å². The molecule has 2 unspecified atom stereocenters. The summed E-state index contributed by atoms with van der Waals surface area (Å²) in [6, 6.07) is 10.5. The van der Waals surface area contributed by atoms with Gasteiger partial charge in [0, 0.05) is 44.3 Å². The third-order valence-electron chi connectivity index (χ3n) is 6.48. The van der Waals surface area contributed by atoms with Crippen LogP contribution in [0.15, 0.2) is 48.2 Å². The van der Waals surface area contributed by atoms with E-state index in [1.807, 2.05) is 12.3 Å². The number of hydrogen-bond acceptors (Lipinski definition) is 3. The molecule has 4 heteroatoms. The Morgan fingerprint density at radius 3 is 2.57 bits per heavy atom. The summed E-state index contributed by atoms with van der Waals surface area (Å²) in [6.07, 6.45) is 4.15. The van der Waals surface area contributed by atoms with Gasteiger partial charge in [0.15, 0.2) is 0 Å². The van der Waals surface area contributed by atoms with Crippen LogP contribution >= 0.6 is 0 Å². The highest BCUT2D eigenvalue weighted by atomic mass is 16.2. The van der Waals surface area contributed by atoms with Crippen molar-refractivity contribution in [2.45, 2.75) is 34.2 Å².